The number of nitrogens with one attached hydrogen (secondary N) is 2. The zero-order valence-electron chi connectivity index (χ0n) is 15.6. The number of carbonyl (C=O) groups excluding carboxylic acids is 2. The van der Waals surface area contributed by atoms with Crippen LogP contribution in [0.2, 0.25) is 0 Å². The summed E-state index contributed by atoms with van der Waals surface area (Å²) in [6.45, 7) is 5.26. The lowest BCUT2D eigenvalue weighted by Crippen LogP contribution is -2.46. The first-order valence-corrected chi connectivity index (χ1v) is 8.79. The van der Waals surface area contributed by atoms with Gasteiger partial charge in [0.15, 0.2) is 0 Å². The Morgan fingerprint density at radius 3 is 2.24 bits per heavy atom. The van der Waals surface area contributed by atoms with Crippen molar-refractivity contribution in [3.05, 3.63) is 29.8 Å². The molecule has 2 N–H and O–H groups in total. The lowest BCUT2D eigenvalue weighted by atomic mass is 9.93. The molecule has 1 unspecified atom stereocenters. The molecule has 0 aliphatic heterocycles. The Labute approximate surface area is 154 Å². The molecular formula is C18H28ClN3O3. The molecule has 0 heterocycles. The quantitative estimate of drug-likeness (QED) is 0.595. The third-order valence-electron chi connectivity index (χ3n) is 3.44. The van der Waals surface area contributed by atoms with E-state index in [1.54, 1.807) is 20.8 Å². The second-order valence-corrected chi connectivity index (χ2v) is 7.36. The highest BCUT2D eigenvalue weighted by Gasteiger charge is 2.22. The molecule has 0 aliphatic rings. The van der Waals surface area contributed by atoms with Gasteiger partial charge >= 0.3 is 6.09 Å². The number of rotatable bonds is 6. The molecular weight excluding hydrogens is 342 g/mol. The Balaban J connectivity index is 2.76. The molecule has 1 rings (SSSR count). The predicted octanol–water partition coefficient (Wildman–Crippen LogP) is 3.41. The first-order chi connectivity index (χ1) is 11.6. The van der Waals surface area contributed by atoms with Crippen molar-refractivity contribution in [2.24, 2.45) is 0 Å². The summed E-state index contributed by atoms with van der Waals surface area (Å²) in [4.78, 5) is 26.2. The number of hydrazine groups is 1. The standard InChI is InChI=1S/C18H28ClN3O3/c1-18(2,3)25-17(24)21-20-16(23)15(7-6-12-19)13-8-10-14(11-9-13)22(4)5/h8-11,15H,6-7,12H2,1-5H3,(H,20,23)(H,21,24). The second-order valence-electron chi connectivity index (χ2n) is 6.99. The van der Waals surface area contributed by atoms with Crippen LogP contribution in [0.1, 0.15) is 45.1 Å². The van der Waals surface area contributed by atoms with Crippen molar-refractivity contribution in [2.75, 3.05) is 24.9 Å². The van der Waals surface area contributed by atoms with Crippen LogP contribution in [0, 0.1) is 0 Å². The summed E-state index contributed by atoms with van der Waals surface area (Å²) >= 11 is 5.78. The number of halogens is 1. The first-order valence-electron chi connectivity index (χ1n) is 8.26. The zero-order valence-corrected chi connectivity index (χ0v) is 16.3. The maximum absolute atomic E-state index is 12.5. The molecule has 0 spiro atoms. The van der Waals surface area contributed by atoms with Gasteiger partial charge in [0.2, 0.25) is 5.91 Å². The average Bonchev–Trinajstić information content (AvgIpc) is 2.52. The van der Waals surface area contributed by atoms with Gasteiger partial charge in [0.1, 0.15) is 5.60 Å². The first kappa shape index (κ1) is 21.1. The Hall–Kier alpha value is -1.95. The largest absolute Gasteiger partial charge is 0.443 e. The van der Waals surface area contributed by atoms with E-state index in [1.807, 2.05) is 43.3 Å². The van der Waals surface area contributed by atoms with Gasteiger partial charge in [0.05, 0.1) is 5.92 Å². The molecule has 0 radical (unpaired) electrons. The van der Waals surface area contributed by atoms with E-state index in [2.05, 4.69) is 10.9 Å². The lowest BCUT2D eigenvalue weighted by molar-refractivity contribution is -0.123. The highest BCUT2D eigenvalue weighted by molar-refractivity contribution is 6.17. The van der Waals surface area contributed by atoms with E-state index in [0.29, 0.717) is 18.7 Å². The molecule has 6 nitrogen and oxygen atoms in total. The molecule has 140 valence electrons. The number of ether oxygens (including phenoxy) is 1. The topological polar surface area (TPSA) is 70.7 Å². The summed E-state index contributed by atoms with van der Waals surface area (Å²) in [5, 5.41) is 0. The smallest absolute Gasteiger partial charge is 0.426 e. The van der Waals surface area contributed by atoms with Gasteiger partial charge in [-0.05, 0) is 51.3 Å². The summed E-state index contributed by atoms with van der Waals surface area (Å²) < 4.78 is 5.11. The highest BCUT2D eigenvalue weighted by Crippen LogP contribution is 2.24. The van der Waals surface area contributed by atoms with Crippen molar-refractivity contribution < 1.29 is 14.3 Å². The predicted molar refractivity (Wildman–Crippen MR) is 101 cm³/mol. The number of hydrogen-bond acceptors (Lipinski definition) is 4. The minimum atomic E-state index is -0.695. The van der Waals surface area contributed by atoms with Gasteiger partial charge in [0, 0.05) is 25.7 Å². The van der Waals surface area contributed by atoms with Crippen molar-refractivity contribution >= 4 is 29.3 Å². The van der Waals surface area contributed by atoms with Gasteiger partial charge in [-0.1, -0.05) is 12.1 Å². The molecule has 0 saturated heterocycles. The summed E-state index contributed by atoms with van der Waals surface area (Å²) in [7, 11) is 3.91. The molecule has 1 atom stereocenters. The highest BCUT2D eigenvalue weighted by atomic mass is 35.5. The fourth-order valence-electron chi connectivity index (χ4n) is 2.24. The van der Waals surface area contributed by atoms with E-state index in [9.17, 15) is 9.59 Å². The molecule has 0 fully saturated rings. The molecule has 0 bridgehead atoms. The second kappa shape index (κ2) is 9.51. The Morgan fingerprint density at radius 2 is 1.76 bits per heavy atom. The maximum Gasteiger partial charge on any atom is 0.426 e. The monoisotopic (exact) mass is 369 g/mol. The van der Waals surface area contributed by atoms with Crippen LogP contribution in [0.5, 0.6) is 0 Å². The summed E-state index contributed by atoms with van der Waals surface area (Å²) in [5.74, 6) is -0.225. The number of alkyl halides is 1. The van der Waals surface area contributed by atoms with Crippen LogP contribution < -0.4 is 15.8 Å². The van der Waals surface area contributed by atoms with Gasteiger partial charge < -0.3 is 9.64 Å². The van der Waals surface area contributed by atoms with Crippen LogP contribution in [-0.4, -0.2) is 37.6 Å². The fraction of sp³-hybridized carbons (Fsp3) is 0.556. The van der Waals surface area contributed by atoms with E-state index < -0.39 is 17.6 Å². The van der Waals surface area contributed by atoms with Crippen molar-refractivity contribution in [1.82, 2.24) is 10.9 Å². The van der Waals surface area contributed by atoms with Gasteiger partial charge in [0.25, 0.3) is 0 Å². The van der Waals surface area contributed by atoms with Crippen LogP contribution in [0.3, 0.4) is 0 Å². The molecule has 0 aliphatic carbocycles. The number of nitrogens with zero attached hydrogens (tertiary/aromatic N) is 1. The Bertz CT molecular complexity index is 568. The molecule has 1 aromatic carbocycles. The Morgan fingerprint density at radius 1 is 1.16 bits per heavy atom. The normalized spacial score (nSPS) is 12.2. The van der Waals surface area contributed by atoms with E-state index in [4.69, 9.17) is 16.3 Å². The lowest BCUT2D eigenvalue weighted by Gasteiger charge is -2.21. The van der Waals surface area contributed by atoms with Gasteiger partial charge in [-0.2, -0.15) is 0 Å². The maximum atomic E-state index is 12.5. The fourth-order valence-corrected chi connectivity index (χ4v) is 2.39. The van der Waals surface area contributed by atoms with E-state index >= 15 is 0 Å². The number of carbonyl (C=O) groups is 2. The van der Waals surface area contributed by atoms with Crippen LogP contribution in [0.4, 0.5) is 10.5 Å². The minimum absolute atomic E-state index is 0.298. The van der Waals surface area contributed by atoms with Crippen molar-refractivity contribution in [1.29, 1.82) is 0 Å². The SMILES string of the molecule is CN(C)c1ccc(C(CCCCl)C(=O)NNC(=O)OC(C)(C)C)cc1. The van der Waals surface area contributed by atoms with Crippen molar-refractivity contribution in [3.8, 4) is 0 Å². The third-order valence-corrected chi connectivity index (χ3v) is 3.71. The zero-order chi connectivity index (χ0) is 19.0. The molecule has 7 heteroatoms. The summed E-state index contributed by atoms with van der Waals surface area (Å²) in [6.07, 6.45) is 0.591. The molecule has 1 aromatic rings. The van der Waals surface area contributed by atoms with Crippen LogP contribution in [-0.2, 0) is 9.53 Å². The number of hydrogen-bond donors (Lipinski definition) is 2. The van der Waals surface area contributed by atoms with Gasteiger partial charge in [-0.3, -0.25) is 10.2 Å². The van der Waals surface area contributed by atoms with E-state index in [1.165, 1.54) is 0 Å². The molecule has 0 saturated carbocycles. The number of benzene rings is 1. The number of anilines is 1. The van der Waals surface area contributed by atoms with Gasteiger partial charge in [-0.25, -0.2) is 10.2 Å². The van der Waals surface area contributed by atoms with E-state index in [0.717, 1.165) is 11.3 Å². The summed E-state index contributed by atoms with van der Waals surface area (Å²) in [5.41, 5.74) is 6.02. The van der Waals surface area contributed by atoms with Crippen LogP contribution in [0.25, 0.3) is 0 Å². The molecule has 0 aromatic heterocycles. The minimum Gasteiger partial charge on any atom is -0.443 e. The van der Waals surface area contributed by atoms with Gasteiger partial charge in [-0.15, -0.1) is 11.6 Å². The molecule has 2 amide bonds. The van der Waals surface area contributed by atoms with Crippen LogP contribution >= 0.6 is 11.6 Å². The van der Waals surface area contributed by atoms with E-state index in [-0.39, 0.29) is 5.91 Å². The number of amides is 2. The average molecular weight is 370 g/mol. The Kier molecular flexibility index (Phi) is 8.03. The summed E-state index contributed by atoms with van der Waals surface area (Å²) in [6, 6.07) is 7.75. The van der Waals surface area contributed by atoms with Crippen LogP contribution in [0.15, 0.2) is 24.3 Å². The third kappa shape index (κ3) is 7.65. The van der Waals surface area contributed by atoms with Crippen molar-refractivity contribution in [2.45, 2.75) is 45.1 Å². The molecule has 25 heavy (non-hydrogen) atoms. The van der Waals surface area contributed by atoms with Crippen molar-refractivity contribution in [3.63, 3.8) is 0 Å².